The molecule has 0 rings (SSSR count). The average molecular weight is 695 g/mol. The van der Waals surface area contributed by atoms with Gasteiger partial charge in [-0.25, -0.2) is 0 Å². The predicted octanol–water partition coefficient (Wildman–Crippen LogP) is 13.9. The van der Waals surface area contributed by atoms with Gasteiger partial charge in [0.25, 0.3) is 0 Å². The Morgan fingerprint density at radius 2 is 0.633 bits per heavy atom. The van der Waals surface area contributed by atoms with Gasteiger partial charge in [-0.2, -0.15) is 0 Å². The summed E-state index contributed by atoms with van der Waals surface area (Å²) in [6.07, 6.45) is 46.0. The lowest BCUT2D eigenvalue weighted by atomic mass is 10.0. The molecular weight excluding hydrogens is 608 g/mol. The van der Waals surface area contributed by atoms with E-state index in [1.165, 1.54) is 193 Å². The van der Waals surface area contributed by atoms with Crippen molar-refractivity contribution >= 4 is 11.9 Å². The largest absolute Gasteiger partial charge is 0.462 e. The van der Waals surface area contributed by atoms with Gasteiger partial charge in [0.2, 0.25) is 0 Å². The monoisotopic (exact) mass is 695 g/mol. The fourth-order valence-corrected chi connectivity index (χ4v) is 6.79. The molecule has 0 aliphatic carbocycles. The van der Waals surface area contributed by atoms with Gasteiger partial charge < -0.3 is 14.6 Å². The lowest BCUT2D eigenvalue weighted by Gasteiger charge is -2.15. The molecule has 1 N–H and O–H groups in total. The standard InChI is InChI=1S/C44H86O5/c1-3-5-7-9-11-13-15-17-19-21-23-25-27-29-31-33-35-37-39-44(47)49-42(40-45)41-48-43(46)38-36-34-32-30-28-26-24-22-20-18-16-14-12-10-8-6-4-2/h42,45H,3-41H2,1-2H3/t42-/m0/s1. The maximum atomic E-state index is 12.2. The van der Waals surface area contributed by atoms with Crippen molar-refractivity contribution in [1.29, 1.82) is 0 Å². The van der Waals surface area contributed by atoms with Crippen molar-refractivity contribution in [3.8, 4) is 0 Å². The first-order valence-corrected chi connectivity index (χ1v) is 22.1. The van der Waals surface area contributed by atoms with E-state index in [-0.39, 0.29) is 25.2 Å². The van der Waals surface area contributed by atoms with E-state index in [0.717, 1.165) is 32.1 Å². The van der Waals surface area contributed by atoms with Crippen LogP contribution in [0.3, 0.4) is 0 Å². The van der Waals surface area contributed by atoms with Crippen LogP contribution in [-0.4, -0.2) is 36.4 Å². The molecule has 0 aliphatic heterocycles. The number of esters is 2. The van der Waals surface area contributed by atoms with Crippen molar-refractivity contribution < 1.29 is 24.2 Å². The van der Waals surface area contributed by atoms with Crippen molar-refractivity contribution in [2.45, 2.75) is 258 Å². The van der Waals surface area contributed by atoms with E-state index in [2.05, 4.69) is 13.8 Å². The van der Waals surface area contributed by atoms with E-state index in [1.54, 1.807) is 0 Å². The second-order valence-electron chi connectivity index (χ2n) is 15.1. The van der Waals surface area contributed by atoms with E-state index >= 15 is 0 Å². The molecule has 0 aromatic rings. The first-order valence-electron chi connectivity index (χ1n) is 22.1. The molecule has 0 amide bonds. The zero-order valence-corrected chi connectivity index (χ0v) is 33.2. The summed E-state index contributed by atoms with van der Waals surface area (Å²) in [5.74, 6) is -0.571. The summed E-state index contributed by atoms with van der Waals surface area (Å²) in [7, 11) is 0. The summed E-state index contributed by atoms with van der Waals surface area (Å²) in [5, 5.41) is 9.58. The number of unbranched alkanes of at least 4 members (excludes halogenated alkanes) is 33. The Bertz CT molecular complexity index is 666. The Morgan fingerprint density at radius 1 is 0.388 bits per heavy atom. The quantitative estimate of drug-likeness (QED) is 0.0509. The van der Waals surface area contributed by atoms with Crippen LogP contribution in [-0.2, 0) is 19.1 Å². The second kappa shape index (κ2) is 41.3. The molecule has 0 saturated heterocycles. The second-order valence-corrected chi connectivity index (χ2v) is 15.1. The van der Waals surface area contributed by atoms with Gasteiger partial charge in [0, 0.05) is 12.8 Å². The summed E-state index contributed by atoms with van der Waals surface area (Å²) >= 11 is 0. The third-order valence-corrected chi connectivity index (χ3v) is 10.2. The molecule has 5 heteroatoms. The Morgan fingerprint density at radius 3 is 0.898 bits per heavy atom. The van der Waals surface area contributed by atoms with E-state index in [1.807, 2.05) is 0 Å². The van der Waals surface area contributed by atoms with Gasteiger partial charge in [-0.3, -0.25) is 9.59 Å². The SMILES string of the molecule is CCCCCCCCCCCCCCCCCCCCC(=O)O[C@@H](CO)COC(=O)CCCCCCCCCCCCCCCCCCC. The summed E-state index contributed by atoms with van der Waals surface area (Å²) < 4.78 is 10.6. The highest BCUT2D eigenvalue weighted by Crippen LogP contribution is 2.16. The van der Waals surface area contributed by atoms with Crippen LogP contribution in [0.5, 0.6) is 0 Å². The molecule has 49 heavy (non-hydrogen) atoms. The number of ether oxygens (including phenoxy) is 2. The molecule has 1 atom stereocenters. The highest BCUT2D eigenvalue weighted by molar-refractivity contribution is 5.70. The average Bonchev–Trinajstić information content (AvgIpc) is 3.10. The smallest absolute Gasteiger partial charge is 0.306 e. The fourth-order valence-electron chi connectivity index (χ4n) is 6.79. The van der Waals surface area contributed by atoms with Gasteiger partial charge in [-0.15, -0.1) is 0 Å². The predicted molar refractivity (Wildman–Crippen MR) is 210 cm³/mol. The summed E-state index contributed by atoms with van der Waals surface area (Å²) in [6.45, 7) is 4.18. The normalized spacial score (nSPS) is 12.0. The van der Waals surface area contributed by atoms with Gasteiger partial charge in [-0.1, -0.05) is 226 Å². The van der Waals surface area contributed by atoms with Crippen LogP contribution in [0.2, 0.25) is 0 Å². The molecule has 0 aliphatic rings. The summed E-state index contributed by atoms with van der Waals surface area (Å²) in [5.41, 5.74) is 0. The van der Waals surface area contributed by atoms with Gasteiger partial charge in [0.1, 0.15) is 6.61 Å². The van der Waals surface area contributed by atoms with E-state index in [0.29, 0.717) is 12.8 Å². The summed E-state index contributed by atoms with van der Waals surface area (Å²) in [6, 6.07) is 0. The van der Waals surface area contributed by atoms with Crippen LogP contribution in [0.25, 0.3) is 0 Å². The number of hydrogen-bond donors (Lipinski definition) is 1. The number of aliphatic hydroxyl groups excluding tert-OH is 1. The minimum atomic E-state index is -0.762. The Balaban J connectivity index is 3.46. The van der Waals surface area contributed by atoms with Gasteiger partial charge in [-0.05, 0) is 12.8 Å². The topological polar surface area (TPSA) is 72.8 Å². The Hall–Kier alpha value is -1.10. The third kappa shape index (κ3) is 39.5. The fraction of sp³-hybridized carbons (Fsp3) is 0.955. The van der Waals surface area contributed by atoms with Crippen molar-refractivity contribution in [2.24, 2.45) is 0 Å². The third-order valence-electron chi connectivity index (χ3n) is 10.2. The summed E-state index contributed by atoms with van der Waals surface area (Å²) in [4.78, 5) is 24.3. The number of rotatable bonds is 41. The molecule has 0 spiro atoms. The number of hydrogen-bond acceptors (Lipinski definition) is 5. The molecule has 5 nitrogen and oxygen atoms in total. The molecule has 0 radical (unpaired) electrons. The lowest BCUT2D eigenvalue weighted by molar-refractivity contribution is -0.161. The van der Waals surface area contributed by atoms with Crippen LogP contribution < -0.4 is 0 Å². The maximum absolute atomic E-state index is 12.2. The molecule has 0 aromatic carbocycles. The van der Waals surface area contributed by atoms with E-state index in [9.17, 15) is 14.7 Å². The molecule has 0 saturated carbocycles. The maximum Gasteiger partial charge on any atom is 0.306 e. The van der Waals surface area contributed by atoms with Crippen LogP contribution in [0, 0.1) is 0 Å². The van der Waals surface area contributed by atoms with E-state index in [4.69, 9.17) is 9.47 Å². The molecule has 0 bridgehead atoms. The lowest BCUT2D eigenvalue weighted by Crippen LogP contribution is -2.28. The molecule has 0 fully saturated rings. The van der Waals surface area contributed by atoms with Crippen LogP contribution in [0.4, 0.5) is 0 Å². The minimum absolute atomic E-state index is 0.0564. The van der Waals surface area contributed by atoms with Crippen molar-refractivity contribution in [1.82, 2.24) is 0 Å². The molecule has 0 heterocycles. The van der Waals surface area contributed by atoms with Crippen molar-refractivity contribution in [2.75, 3.05) is 13.2 Å². The van der Waals surface area contributed by atoms with Crippen molar-refractivity contribution in [3.63, 3.8) is 0 Å². The van der Waals surface area contributed by atoms with E-state index < -0.39 is 6.10 Å². The highest BCUT2D eigenvalue weighted by atomic mass is 16.6. The number of carbonyl (C=O) groups is 2. The highest BCUT2D eigenvalue weighted by Gasteiger charge is 2.16. The minimum Gasteiger partial charge on any atom is -0.462 e. The number of carbonyl (C=O) groups excluding carboxylic acids is 2. The number of aliphatic hydroxyl groups is 1. The zero-order valence-electron chi connectivity index (χ0n) is 33.2. The van der Waals surface area contributed by atoms with Crippen LogP contribution >= 0.6 is 0 Å². The van der Waals surface area contributed by atoms with Gasteiger partial charge in [0.15, 0.2) is 6.10 Å². The Kier molecular flexibility index (Phi) is 40.4. The van der Waals surface area contributed by atoms with Gasteiger partial charge >= 0.3 is 11.9 Å². The van der Waals surface area contributed by atoms with Crippen LogP contribution in [0.1, 0.15) is 251 Å². The first-order chi connectivity index (χ1) is 24.1. The zero-order chi connectivity index (χ0) is 35.7. The van der Waals surface area contributed by atoms with Crippen LogP contribution in [0.15, 0.2) is 0 Å². The molecule has 0 aromatic heterocycles. The van der Waals surface area contributed by atoms with Crippen molar-refractivity contribution in [3.05, 3.63) is 0 Å². The molecule has 0 unspecified atom stereocenters. The molecular formula is C44H86O5. The van der Waals surface area contributed by atoms with Gasteiger partial charge in [0.05, 0.1) is 6.61 Å². The Labute approximate surface area is 306 Å². The first kappa shape index (κ1) is 47.9. The molecule has 292 valence electrons.